The number of thiazole rings is 1. The van der Waals surface area contributed by atoms with E-state index in [0.717, 1.165) is 34.3 Å². The highest BCUT2D eigenvalue weighted by atomic mass is 32.2. The van der Waals surface area contributed by atoms with Gasteiger partial charge in [-0.2, -0.15) is 4.31 Å². The summed E-state index contributed by atoms with van der Waals surface area (Å²) in [5, 5.41) is 0.668. The number of methoxy groups -OCH3 is 1. The number of aryl methyl sites for hydroxylation is 2. The Bertz CT molecular complexity index is 1340. The van der Waals surface area contributed by atoms with Gasteiger partial charge in [-0.1, -0.05) is 35.1 Å². The number of rotatable bonds is 9. The number of sulfonamides is 1. The predicted octanol–water partition coefficient (Wildman–Crippen LogP) is 4.31. The van der Waals surface area contributed by atoms with Gasteiger partial charge in [0.05, 0.1) is 16.7 Å². The minimum Gasteiger partial charge on any atom is -0.494 e. The third-order valence-corrected chi connectivity index (χ3v) is 9.98. The molecule has 0 spiro atoms. The summed E-state index contributed by atoms with van der Waals surface area (Å²) < 4.78 is 34.3. The van der Waals surface area contributed by atoms with Gasteiger partial charge in [0.25, 0.3) is 0 Å². The van der Waals surface area contributed by atoms with E-state index in [-0.39, 0.29) is 11.8 Å². The zero-order chi connectivity index (χ0) is 26.7. The van der Waals surface area contributed by atoms with E-state index in [1.807, 2.05) is 57.1 Å². The van der Waals surface area contributed by atoms with Crippen molar-refractivity contribution < 1.29 is 17.9 Å². The minimum absolute atomic E-state index is 0.0156. The first-order chi connectivity index (χ1) is 17.6. The molecule has 1 saturated heterocycles. The molecule has 10 heteroatoms. The molecule has 4 rings (SSSR count). The second kappa shape index (κ2) is 11.5. The van der Waals surface area contributed by atoms with Crippen molar-refractivity contribution >= 4 is 42.6 Å². The van der Waals surface area contributed by atoms with Crippen LogP contribution in [0.4, 0.5) is 5.13 Å². The van der Waals surface area contributed by atoms with Crippen LogP contribution in [0.3, 0.4) is 0 Å². The SMILES string of the molecule is COc1ccc(C)c2sc(N(CCCN(C)C)C(=O)C3CCN(S(=O)(=O)c4ccc(C)cc4)CC3)nc12. The Labute approximate surface area is 223 Å². The van der Waals surface area contributed by atoms with Gasteiger partial charge in [-0.05, 0) is 77.5 Å². The van der Waals surface area contributed by atoms with E-state index in [0.29, 0.717) is 48.3 Å². The summed E-state index contributed by atoms with van der Waals surface area (Å²) in [6.07, 6.45) is 1.79. The van der Waals surface area contributed by atoms with Gasteiger partial charge < -0.3 is 9.64 Å². The lowest BCUT2D eigenvalue weighted by Gasteiger charge is -2.33. The number of piperidine rings is 1. The van der Waals surface area contributed by atoms with Gasteiger partial charge in [0.1, 0.15) is 11.3 Å². The highest BCUT2D eigenvalue weighted by molar-refractivity contribution is 7.89. The summed E-state index contributed by atoms with van der Waals surface area (Å²) in [5.74, 6) is 0.457. The van der Waals surface area contributed by atoms with E-state index in [1.165, 1.54) is 15.6 Å². The molecule has 1 aliphatic rings. The molecule has 37 heavy (non-hydrogen) atoms. The number of hydrogen-bond acceptors (Lipinski definition) is 7. The summed E-state index contributed by atoms with van der Waals surface area (Å²) >= 11 is 1.51. The second-order valence-electron chi connectivity index (χ2n) is 9.90. The second-order valence-corrected chi connectivity index (χ2v) is 12.8. The molecular formula is C27H36N4O4S2. The van der Waals surface area contributed by atoms with Crippen LogP contribution in [-0.4, -0.2) is 75.9 Å². The van der Waals surface area contributed by atoms with E-state index in [1.54, 1.807) is 19.2 Å². The minimum atomic E-state index is -3.58. The maximum absolute atomic E-state index is 13.8. The molecule has 0 saturated carbocycles. The molecule has 0 radical (unpaired) electrons. The van der Waals surface area contributed by atoms with Crippen LogP contribution in [0.5, 0.6) is 5.75 Å². The number of carbonyl (C=O) groups is 1. The Kier molecular flexibility index (Phi) is 8.52. The molecule has 1 fully saturated rings. The fourth-order valence-electron chi connectivity index (χ4n) is 4.65. The van der Waals surface area contributed by atoms with Gasteiger partial charge in [-0.3, -0.25) is 9.69 Å². The summed E-state index contributed by atoms with van der Waals surface area (Å²) in [6, 6.07) is 10.8. The van der Waals surface area contributed by atoms with Crippen molar-refractivity contribution in [2.45, 2.75) is 38.0 Å². The van der Waals surface area contributed by atoms with Crippen LogP contribution in [0.1, 0.15) is 30.4 Å². The Morgan fingerprint density at radius 1 is 1.08 bits per heavy atom. The van der Waals surface area contributed by atoms with E-state index in [4.69, 9.17) is 9.72 Å². The van der Waals surface area contributed by atoms with Crippen LogP contribution in [0, 0.1) is 19.8 Å². The number of amides is 1. The molecule has 3 aromatic rings. The number of nitrogens with zero attached hydrogens (tertiary/aromatic N) is 4. The van der Waals surface area contributed by atoms with Gasteiger partial charge in [0, 0.05) is 25.6 Å². The van der Waals surface area contributed by atoms with Crippen molar-refractivity contribution in [1.82, 2.24) is 14.2 Å². The fraction of sp³-hybridized carbons (Fsp3) is 0.481. The molecule has 2 heterocycles. The van der Waals surface area contributed by atoms with Crippen molar-refractivity contribution in [1.29, 1.82) is 0 Å². The van der Waals surface area contributed by atoms with Crippen LogP contribution in [0.2, 0.25) is 0 Å². The maximum Gasteiger partial charge on any atom is 0.243 e. The number of fused-ring (bicyclic) bond motifs is 1. The van der Waals surface area contributed by atoms with Crippen LogP contribution in [0.25, 0.3) is 10.2 Å². The summed E-state index contributed by atoms with van der Waals surface area (Å²) in [4.78, 5) is 22.9. The number of benzene rings is 2. The zero-order valence-electron chi connectivity index (χ0n) is 22.2. The lowest BCUT2D eigenvalue weighted by Crippen LogP contribution is -2.45. The molecular weight excluding hydrogens is 508 g/mol. The molecule has 1 aliphatic heterocycles. The maximum atomic E-state index is 13.8. The lowest BCUT2D eigenvalue weighted by molar-refractivity contribution is -0.123. The molecule has 8 nitrogen and oxygen atoms in total. The topological polar surface area (TPSA) is 83.0 Å². The van der Waals surface area contributed by atoms with Crippen molar-refractivity contribution in [2.75, 3.05) is 52.3 Å². The van der Waals surface area contributed by atoms with Crippen LogP contribution in [-0.2, 0) is 14.8 Å². The van der Waals surface area contributed by atoms with E-state index in [2.05, 4.69) is 4.90 Å². The molecule has 1 amide bonds. The average molecular weight is 545 g/mol. The van der Waals surface area contributed by atoms with Crippen molar-refractivity contribution in [3.63, 3.8) is 0 Å². The van der Waals surface area contributed by atoms with Crippen LogP contribution < -0.4 is 9.64 Å². The first kappa shape index (κ1) is 27.5. The van der Waals surface area contributed by atoms with Gasteiger partial charge in [0.15, 0.2) is 5.13 Å². The van der Waals surface area contributed by atoms with Crippen LogP contribution >= 0.6 is 11.3 Å². The molecule has 2 aromatic carbocycles. The lowest BCUT2D eigenvalue weighted by atomic mass is 9.96. The van der Waals surface area contributed by atoms with E-state index >= 15 is 0 Å². The fourth-order valence-corrected chi connectivity index (χ4v) is 7.20. The largest absolute Gasteiger partial charge is 0.494 e. The monoisotopic (exact) mass is 544 g/mol. The van der Waals surface area contributed by atoms with E-state index in [9.17, 15) is 13.2 Å². The molecule has 0 unspecified atom stereocenters. The normalized spacial score (nSPS) is 15.4. The average Bonchev–Trinajstić information content (AvgIpc) is 3.33. The van der Waals surface area contributed by atoms with Crippen molar-refractivity contribution in [3.8, 4) is 5.75 Å². The quantitative estimate of drug-likeness (QED) is 0.399. The first-order valence-electron chi connectivity index (χ1n) is 12.6. The highest BCUT2D eigenvalue weighted by Crippen LogP contribution is 2.37. The summed E-state index contributed by atoms with van der Waals surface area (Å²) in [5.41, 5.74) is 2.88. The van der Waals surface area contributed by atoms with Gasteiger partial charge in [-0.25, -0.2) is 13.4 Å². The molecule has 0 aliphatic carbocycles. The third-order valence-electron chi connectivity index (χ3n) is 6.86. The number of hydrogen-bond donors (Lipinski definition) is 0. The Balaban J connectivity index is 1.54. The molecule has 1 aromatic heterocycles. The summed E-state index contributed by atoms with van der Waals surface area (Å²) in [6.45, 7) is 6.02. The zero-order valence-corrected chi connectivity index (χ0v) is 23.9. The van der Waals surface area contributed by atoms with Gasteiger partial charge in [-0.15, -0.1) is 0 Å². The Morgan fingerprint density at radius 2 is 1.76 bits per heavy atom. The molecule has 200 valence electrons. The third kappa shape index (κ3) is 5.98. The number of anilines is 1. The summed E-state index contributed by atoms with van der Waals surface area (Å²) in [7, 11) is 2.08. The Hall–Kier alpha value is -2.53. The number of aromatic nitrogens is 1. The molecule has 0 atom stereocenters. The number of carbonyl (C=O) groups excluding carboxylic acids is 1. The van der Waals surface area contributed by atoms with Crippen molar-refractivity contribution in [2.24, 2.45) is 5.92 Å². The smallest absolute Gasteiger partial charge is 0.243 e. The molecule has 0 bridgehead atoms. The van der Waals surface area contributed by atoms with Gasteiger partial charge in [0.2, 0.25) is 15.9 Å². The van der Waals surface area contributed by atoms with Gasteiger partial charge >= 0.3 is 0 Å². The number of ether oxygens (including phenoxy) is 1. The standard InChI is InChI=1S/C27H36N4O4S2/c1-19-7-10-22(11-8-19)37(33,34)30-17-13-21(14-18-30)26(32)31(16-6-15-29(3)4)27-28-24-23(35-5)12-9-20(2)25(24)36-27/h7-12,21H,6,13-18H2,1-5H3. The highest BCUT2D eigenvalue weighted by Gasteiger charge is 2.35. The van der Waals surface area contributed by atoms with E-state index < -0.39 is 10.0 Å². The molecule has 0 N–H and O–H groups in total. The van der Waals surface area contributed by atoms with Crippen LogP contribution in [0.15, 0.2) is 41.3 Å². The first-order valence-corrected chi connectivity index (χ1v) is 14.8. The predicted molar refractivity (Wildman–Crippen MR) is 149 cm³/mol. The Morgan fingerprint density at radius 3 is 2.38 bits per heavy atom. The van der Waals surface area contributed by atoms with Crippen molar-refractivity contribution in [3.05, 3.63) is 47.5 Å².